The number of non-ortho nitro benzene ring substituents is 1. The van der Waals surface area contributed by atoms with Crippen LogP contribution in [0, 0.1) is 15.9 Å². The molecule has 106 valence electrons. The highest BCUT2D eigenvalue weighted by Crippen LogP contribution is 2.24. The van der Waals surface area contributed by atoms with Crippen LogP contribution in [0.1, 0.15) is 5.56 Å². The number of benzene rings is 2. The smallest absolute Gasteiger partial charge is 0.271 e. The van der Waals surface area contributed by atoms with E-state index in [1.807, 2.05) is 16.8 Å². The van der Waals surface area contributed by atoms with E-state index in [1.54, 1.807) is 12.1 Å². The zero-order valence-electron chi connectivity index (χ0n) is 10.8. The Balaban J connectivity index is 2.04. The lowest BCUT2D eigenvalue weighted by atomic mass is 10.2. The van der Waals surface area contributed by atoms with E-state index in [0.29, 0.717) is 11.6 Å². The number of nitro benzene ring substituents is 1. The summed E-state index contributed by atoms with van der Waals surface area (Å²) in [6.45, 7) is 0.420. The third-order valence-corrected chi connectivity index (χ3v) is 3.68. The average Bonchev–Trinajstić information content (AvgIpc) is 2.84. The molecule has 0 fully saturated rings. The van der Waals surface area contributed by atoms with Gasteiger partial charge in [0.1, 0.15) is 5.82 Å². The van der Waals surface area contributed by atoms with Crippen molar-refractivity contribution in [1.82, 2.24) is 4.57 Å². The van der Waals surface area contributed by atoms with Crippen molar-refractivity contribution in [3.05, 3.63) is 75.2 Å². The summed E-state index contributed by atoms with van der Waals surface area (Å²) >= 11 is 6.02. The van der Waals surface area contributed by atoms with Gasteiger partial charge in [0.15, 0.2) is 0 Å². The Hall–Kier alpha value is -2.40. The van der Waals surface area contributed by atoms with Crippen molar-refractivity contribution in [2.45, 2.75) is 6.54 Å². The Kier molecular flexibility index (Phi) is 3.35. The van der Waals surface area contributed by atoms with E-state index in [9.17, 15) is 14.5 Å². The average molecular weight is 305 g/mol. The van der Waals surface area contributed by atoms with Crippen LogP contribution in [-0.4, -0.2) is 9.49 Å². The third kappa shape index (κ3) is 2.60. The molecule has 0 amide bonds. The number of nitro groups is 1. The molecule has 3 aromatic rings. The molecule has 0 N–H and O–H groups in total. The summed E-state index contributed by atoms with van der Waals surface area (Å²) in [5.74, 6) is -0.392. The molecule has 0 spiro atoms. The first-order chi connectivity index (χ1) is 10.0. The van der Waals surface area contributed by atoms with E-state index in [0.717, 1.165) is 16.5 Å². The molecular formula is C15H10ClFN2O2. The molecule has 21 heavy (non-hydrogen) atoms. The number of aromatic nitrogens is 1. The van der Waals surface area contributed by atoms with Crippen molar-refractivity contribution in [3.63, 3.8) is 0 Å². The van der Waals surface area contributed by atoms with Crippen molar-refractivity contribution >= 4 is 28.2 Å². The summed E-state index contributed by atoms with van der Waals surface area (Å²) in [5, 5.41) is 12.1. The fourth-order valence-electron chi connectivity index (χ4n) is 2.26. The monoisotopic (exact) mass is 304 g/mol. The Bertz CT molecular complexity index is 845. The lowest BCUT2D eigenvalue weighted by Gasteiger charge is -2.07. The molecule has 6 heteroatoms. The normalized spacial score (nSPS) is 11.0. The van der Waals surface area contributed by atoms with E-state index in [-0.39, 0.29) is 5.69 Å². The van der Waals surface area contributed by atoms with Crippen LogP contribution in [0.25, 0.3) is 10.9 Å². The second-order valence-corrected chi connectivity index (χ2v) is 5.09. The Morgan fingerprint density at radius 3 is 2.71 bits per heavy atom. The van der Waals surface area contributed by atoms with Gasteiger partial charge in [-0.05, 0) is 29.8 Å². The molecule has 0 radical (unpaired) electrons. The number of hydrogen-bond acceptors (Lipinski definition) is 2. The quantitative estimate of drug-likeness (QED) is 0.532. The molecule has 2 aromatic carbocycles. The minimum atomic E-state index is -0.429. The van der Waals surface area contributed by atoms with E-state index in [2.05, 4.69) is 0 Å². The number of hydrogen-bond donors (Lipinski definition) is 0. The number of rotatable bonds is 3. The van der Waals surface area contributed by atoms with Gasteiger partial charge in [-0.1, -0.05) is 17.7 Å². The highest BCUT2D eigenvalue weighted by atomic mass is 35.5. The summed E-state index contributed by atoms with van der Waals surface area (Å²) in [4.78, 5) is 10.4. The minimum Gasteiger partial charge on any atom is -0.343 e. The van der Waals surface area contributed by atoms with Gasteiger partial charge in [0, 0.05) is 35.3 Å². The summed E-state index contributed by atoms with van der Waals surface area (Å²) in [7, 11) is 0. The molecule has 0 saturated carbocycles. The highest BCUT2D eigenvalue weighted by molar-refractivity contribution is 6.31. The lowest BCUT2D eigenvalue weighted by molar-refractivity contribution is -0.384. The number of fused-ring (bicyclic) bond motifs is 1. The van der Waals surface area contributed by atoms with Gasteiger partial charge in [0.25, 0.3) is 5.69 Å². The van der Waals surface area contributed by atoms with Gasteiger partial charge < -0.3 is 4.57 Å². The zero-order chi connectivity index (χ0) is 15.0. The molecule has 0 aliphatic rings. The molecular weight excluding hydrogens is 295 g/mol. The van der Waals surface area contributed by atoms with Crippen molar-refractivity contribution < 1.29 is 9.31 Å². The lowest BCUT2D eigenvalue weighted by Crippen LogP contribution is -1.99. The molecule has 4 nitrogen and oxygen atoms in total. The Morgan fingerprint density at radius 1 is 1.19 bits per heavy atom. The maximum atomic E-state index is 13.1. The molecule has 0 saturated heterocycles. The Morgan fingerprint density at radius 2 is 2.00 bits per heavy atom. The molecule has 0 bridgehead atoms. The maximum absolute atomic E-state index is 13.1. The van der Waals surface area contributed by atoms with Crippen LogP contribution >= 0.6 is 11.6 Å². The predicted octanol–water partition coefficient (Wildman–Crippen LogP) is 4.39. The van der Waals surface area contributed by atoms with Crippen LogP contribution in [0.15, 0.2) is 48.7 Å². The van der Waals surface area contributed by atoms with Crippen molar-refractivity contribution in [1.29, 1.82) is 0 Å². The topological polar surface area (TPSA) is 48.1 Å². The van der Waals surface area contributed by atoms with Gasteiger partial charge in [-0.15, -0.1) is 0 Å². The zero-order valence-corrected chi connectivity index (χ0v) is 11.5. The SMILES string of the molecule is O=[N+]([O-])c1ccc2ccn(Cc3ccc(F)cc3Cl)c2c1. The van der Waals surface area contributed by atoms with E-state index < -0.39 is 10.7 Å². The van der Waals surface area contributed by atoms with Gasteiger partial charge in [-0.3, -0.25) is 10.1 Å². The van der Waals surface area contributed by atoms with E-state index in [4.69, 9.17) is 11.6 Å². The van der Waals surface area contributed by atoms with Gasteiger partial charge >= 0.3 is 0 Å². The van der Waals surface area contributed by atoms with Gasteiger partial charge in [-0.2, -0.15) is 0 Å². The molecule has 0 atom stereocenters. The molecule has 0 aliphatic carbocycles. The largest absolute Gasteiger partial charge is 0.343 e. The fraction of sp³-hybridized carbons (Fsp3) is 0.0667. The molecule has 1 heterocycles. The molecule has 3 rings (SSSR count). The summed E-state index contributed by atoms with van der Waals surface area (Å²) in [5.41, 5.74) is 1.53. The first-order valence-electron chi connectivity index (χ1n) is 6.22. The maximum Gasteiger partial charge on any atom is 0.271 e. The van der Waals surface area contributed by atoms with Crippen LogP contribution < -0.4 is 0 Å². The fourth-order valence-corrected chi connectivity index (χ4v) is 2.48. The van der Waals surface area contributed by atoms with Crippen LogP contribution in [0.3, 0.4) is 0 Å². The van der Waals surface area contributed by atoms with E-state index >= 15 is 0 Å². The van der Waals surface area contributed by atoms with Crippen molar-refractivity contribution in [2.24, 2.45) is 0 Å². The van der Waals surface area contributed by atoms with Gasteiger partial charge in [0.2, 0.25) is 0 Å². The standard InChI is InChI=1S/C15H10ClFN2O2/c16-14-7-12(17)3-1-11(14)9-18-6-5-10-2-4-13(19(20)21)8-15(10)18/h1-8H,9H2. The van der Waals surface area contributed by atoms with E-state index in [1.165, 1.54) is 24.3 Å². The van der Waals surface area contributed by atoms with Crippen molar-refractivity contribution in [3.8, 4) is 0 Å². The number of halogens is 2. The summed E-state index contributed by atoms with van der Waals surface area (Å²) < 4.78 is 14.9. The second-order valence-electron chi connectivity index (χ2n) is 4.68. The predicted molar refractivity (Wildman–Crippen MR) is 79.1 cm³/mol. The first kappa shape index (κ1) is 13.6. The number of nitrogens with zero attached hydrogens (tertiary/aromatic N) is 2. The van der Waals surface area contributed by atoms with Crippen molar-refractivity contribution in [2.75, 3.05) is 0 Å². The van der Waals surface area contributed by atoms with Gasteiger partial charge in [-0.25, -0.2) is 4.39 Å². The first-order valence-corrected chi connectivity index (χ1v) is 6.59. The summed E-state index contributed by atoms with van der Waals surface area (Å²) in [6.07, 6.45) is 1.83. The summed E-state index contributed by atoms with van der Waals surface area (Å²) in [6, 6.07) is 10.8. The third-order valence-electron chi connectivity index (χ3n) is 3.32. The molecule has 1 aromatic heterocycles. The van der Waals surface area contributed by atoms with Gasteiger partial charge in [0.05, 0.1) is 10.4 Å². The van der Waals surface area contributed by atoms with Crippen LogP contribution in [-0.2, 0) is 6.54 Å². The van der Waals surface area contributed by atoms with Crippen LogP contribution in [0.4, 0.5) is 10.1 Å². The Labute approximate surface area is 124 Å². The molecule has 0 aliphatic heterocycles. The second kappa shape index (κ2) is 5.18. The molecule has 0 unspecified atom stereocenters. The van der Waals surface area contributed by atoms with Crippen LogP contribution in [0.5, 0.6) is 0 Å². The van der Waals surface area contributed by atoms with Crippen LogP contribution in [0.2, 0.25) is 5.02 Å². The highest BCUT2D eigenvalue weighted by Gasteiger charge is 2.10. The minimum absolute atomic E-state index is 0.0349.